The summed E-state index contributed by atoms with van der Waals surface area (Å²) < 4.78 is 7.98. The number of aromatic nitrogens is 2. The first kappa shape index (κ1) is 18.7. The van der Waals surface area contributed by atoms with Crippen LogP contribution < -0.4 is 4.74 Å². The monoisotopic (exact) mass is 392 g/mol. The largest absolute Gasteiger partial charge is 0.483 e. The standard InChI is InChI=1S/C19H25BrN2O2/c1-12(2)6-8-16-14(4)21-22(15(16)5)19(23)11-24-18-9-7-13(3)10-17(18)20/h7,9-10,12H,6,8,11H2,1-5H3. The molecule has 0 aliphatic heterocycles. The maximum absolute atomic E-state index is 12.5. The summed E-state index contributed by atoms with van der Waals surface area (Å²) in [5, 5.41) is 4.41. The molecule has 0 atom stereocenters. The fraction of sp³-hybridized carbons (Fsp3) is 0.474. The van der Waals surface area contributed by atoms with Gasteiger partial charge in [0.05, 0.1) is 10.2 Å². The van der Waals surface area contributed by atoms with Crippen LogP contribution in [0.2, 0.25) is 0 Å². The lowest BCUT2D eigenvalue weighted by Crippen LogP contribution is -2.22. The molecule has 0 saturated heterocycles. The normalized spacial score (nSPS) is 11.1. The average Bonchev–Trinajstić information content (AvgIpc) is 2.78. The van der Waals surface area contributed by atoms with Crippen LogP contribution in [0.15, 0.2) is 22.7 Å². The molecule has 1 heterocycles. The van der Waals surface area contributed by atoms with Crippen molar-refractivity contribution in [2.45, 2.75) is 47.5 Å². The molecule has 0 fully saturated rings. The molecule has 0 amide bonds. The summed E-state index contributed by atoms with van der Waals surface area (Å²) in [6, 6.07) is 5.78. The Labute approximate surface area is 152 Å². The van der Waals surface area contributed by atoms with Crippen molar-refractivity contribution >= 4 is 21.8 Å². The molecular weight excluding hydrogens is 368 g/mol. The van der Waals surface area contributed by atoms with E-state index >= 15 is 0 Å². The number of hydrogen-bond acceptors (Lipinski definition) is 3. The summed E-state index contributed by atoms with van der Waals surface area (Å²) in [7, 11) is 0. The van der Waals surface area contributed by atoms with E-state index in [-0.39, 0.29) is 12.5 Å². The van der Waals surface area contributed by atoms with Gasteiger partial charge in [-0.15, -0.1) is 0 Å². The Bertz CT molecular complexity index is 735. The lowest BCUT2D eigenvalue weighted by atomic mass is 10.0. The van der Waals surface area contributed by atoms with Crippen molar-refractivity contribution in [1.82, 2.24) is 9.78 Å². The number of hydrogen-bond donors (Lipinski definition) is 0. The summed E-state index contributed by atoms with van der Waals surface area (Å²) in [6.07, 6.45) is 2.04. The summed E-state index contributed by atoms with van der Waals surface area (Å²) in [4.78, 5) is 12.5. The summed E-state index contributed by atoms with van der Waals surface area (Å²) >= 11 is 3.46. The van der Waals surface area contributed by atoms with Gasteiger partial charge in [-0.1, -0.05) is 19.9 Å². The minimum atomic E-state index is -0.154. The number of aryl methyl sites for hydroxylation is 2. The summed E-state index contributed by atoms with van der Waals surface area (Å²) in [5.41, 5.74) is 4.16. The second kappa shape index (κ2) is 7.97. The number of nitrogens with zero attached hydrogens (tertiary/aromatic N) is 2. The van der Waals surface area contributed by atoms with Gasteiger partial charge in [0.2, 0.25) is 0 Å². The molecule has 0 unspecified atom stereocenters. The third kappa shape index (κ3) is 4.47. The van der Waals surface area contributed by atoms with Crippen molar-refractivity contribution in [3.8, 4) is 5.75 Å². The van der Waals surface area contributed by atoms with Crippen LogP contribution >= 0.6 is 15.9 Å². The van der Waals surface area contributed by atoms with E-state index in [1.54, 1.807) is 0 Å². The number of carbonyl (C=O) groups is 1. The van der Waals surface area contributed by atoms with Crippen LogP contribution in [0, 0.1) is 26.7 Å². The fourth-order valence-electron chi connectivity index (χ4n) is 2.64. The topological polar surface area (TPSA) is 44.1 Å². The Morgan fingerprint density at radius 1 is 1.29 bits per heavy atom. The SMILES string of the molecule is Cc1ccc(OCC(=O)n2nc(C)c(CCC(C)C)c2C)c(Br)c1. The Morgan fingerprint density at radius 3 is 2.62 bits per heavy atom. The number of carbonyl (C=O) groups excluding carboxylic acids is 1. The van der Waals surface area contributed by atoms with Crippen LogP contribution in [0.3, 0.4) is 0 Å². The van der Waals surface area contributed by atoms with Gasteiger partial charge in [-0.25, -0.2) is 4.68 Å². The first-order chi connectivity index (χ1) is 11.3. The minimum Gasteiger partial charge on any atom is -0.483 e. The van der Waals surface area contributed by atoms with Crippen molar-refractivity contribution in [2.75, 3.05) is 6.61 Å². The molecule has 0 spiro atoms. The maximum Gasteiger partial charge on any atom is 0.284 e. The molecular formula is C19H25BrN2O2. The third-order valence-electron chi connectivity index (χ3n) is 4.09. The highest BCUT2D eigenvalue weighted by molar-refractivity contribution is 9.10. The van der Waals surface area contributed by atoms with E-state index in [0.29, 0.717) is 11.7 Å². The molecule has 5 heteroatoms. The smallest absolute Gasteiger partial charge is 0.284 e. The first-order valence-corrected chi connectivity index (χ1v) is 9.06. The zero-order chi connectivity index (χ0) is 17.9. The van der Waals surface area contributed by atoms with Gasteiger partial charge in [0.25, 0.3) is 5.91 Å². The van der Waals surface area contributed by atoms with Crippen LogP contribution in [-0.2, 0) is 6.42 Å². The molecule has 24 heavy (non-hydrogen) atoms. The lowest BCUT2D eigenvalue weighted by molar-refractivity contribution is 0.0817. The van der Waals surface area contributed by atoms with Gasteiger partial charge in [-0.3, -0.25) is 4.79 Å². The van der Waals surface area contributed by atoms with Crippen molar-refractivity contribution < 1.29 is 9.53 Å². The van der Waals surface area contributed by atoms with Crippen LogP contribution in [-0.4, -0.2) is 22.3 Å². The number of benzene rings is 1. The van der Waals surface area contributed by atoms with Crippen molar-refractivity contribution in [3.05, 3.63) is 45.2 Å². The first-order valence-electron chi connectivity index (χ1n) is 8.26. The zero-order valence-corrected chi connectivity index (χ0v) is 16.6. The van der Waals surface area contributed by atoms with E-state index in [2.05, 4.69) is 34.9 Å². The Morgan fingerprint density at radius 2 is 2.00 bits per heavy atom. The number of rotatable bonds is 6. The van der Waals surface area contributed by atoms with Crippen molar-refractivity contribution in [3.63, 3.8) is 0 Å². The molecule has 4 nitrogen and oxygen atoms in total. The Balaban J connectivity index is 2.08. The molecule has 0 aliphatic rings. The molecule has 0 N–H and O–H groups in total. The van der Waals surface area contributed by atoms with Crippen LogP contribution in [0.25, 0.3) is 0 Å². The molecule has 1 aromatic carbocycles. The molecule has 0 bridgehead atoms. The van der Waals surface area contributed by atoms with Gasteiger partial charge in [-0.05, 0) is 78.7 Å². The number of halogens is 1. The van der Waals surface area contributed by atoms with E-state index in [1.165, 1.54) is 10.2 Å². The molecule has 2 aromatic rings. The summed E-state index contributed by atoms with van der Waals surface area (Å²) in [5.74, 6) is 1.14. The molecule has 0 radical (unpaired) electrons. The van der Waals surface area contributed by atoms with Crippen LogP contribution in [0.5, 0.6) is 5.75 Å². The second-order valence-corrected chi connectivity index (χ2v) is 7.46. The second-order valence-electron chi connectivity index (χ2n) is 6.61. The Hall–Kier alpha value is -1.62. The average molecular weight is 393 g/mol. The van der Waals surface area contributed by atoms with Gasteiger partial charge < -0.3 is 4.74 Å². The van der Waals surface area contributed by atoms with E-state index < -0.39 is 0 Å². The predicted molar refractivity (Wildman–Crippen MR) is 99.9 cm³/mol. The van der Waals surface area contributed by atoms with E-state index in [0.717, 1.165) is 34.3 Å². The third-order valence-corrected chi connectivity index (χ3v) is 4.71. The van der Waals surface area contributed by atoms with Crippen LogP contribution in [0.1, 0.15) is 47.6 Å². The lowest BCUT2D eigenvalue weighted by Gasteiger charge is -2.09. The zero-order valence-electron chi connectivity index (χ0n) is 15.0. The van der Waals surface area contributed by atoms with E-state index in [4.69, 9.17) is 4.74 Å². The van der Waals surface area contributed by atoms with Gasteiger partial charge in [0, 0.05) is 5.69 Å². The van der Waals surface area contributed by atoms with E-state index in [1.807, 2.05) is 39.0 Å². The minimum absolute atomic E-state index is 0.0345. The van der Waals surface area contributed by atoms with Gasteiger partial charge in [0.1, 0.15) is 5.75 Å². The highest BCUT2D eigenvalue weighted by atomic mass is 79.9. The fourth-order valence-corrected chi connectivity index (χ4v) is 3.24. The van der Waals surface area contributed by atoms with E-state index in [9.17, 15) is 4.79 Å². The predicted octanol–water partition coefficient (Wildman–Crippen LogP) is 4.88. The summed E-state index contributed by atoms with van der Waals surface area (Å²) in [6.45, 7) is 10.3. The highest BCUT2D eigenvalue weighted by Gasteiger charge is 2.17. The maximum atomic E-state index is 12.5. The van der Waals surface area contributed by atoms with Gasteiger partial charge >= 0.3 is 0 Å². The molecule has 0 saturated carbocycles. The highest BCUT2D eigenvalue weighted by Crippen LogP contribution is 2.26. The quantitative estimate of drug-likeness (QED) is 0.703. The molecule has 130 valence electrons. The molecule has 0 aliphatic carbocycles. The van der Waals surface area contributed by atoms with Gasteiger partial charge in [-0.2, -0.15) is 5.10 Å². The number of ether oxygens (including phenoxy) is 1. The molecule has 1 aromatic heterocycles. The van der Waals surface area contributed by atoms with Crippen LogP contribution in [0.4, 0.5) is 0 Å². The Kier molecular flexibility index (Phi) is 6.21. The van der Waals surface area contributed by atoms with Crippen molar-refractivity contribution in [1.29, 1.82) is 0 Å². The molecule has 2 rings (SSSR count). The van der Waals surface area contributed by atoms with Gasteiger partial charge in [0.15, 0.2) is 6.61 Å². The van der Waals surface area contributed by atoms with Crippen molar-refractivity contribution in [2.24, 2.45) is 5.92 Å².